The second kappa shape index (κ2) is 16.3. The van der Waals surface area contributed by atoms with E-state index in [1.165, 1.54) is 51.4 Å². The van der Waals surface area contributed by atoms with E-state index in [9.17, 15) is 9.18 Å². The Bertz CT molecular complexity index is 268. The van der Waals surface area contributed by atoms with Crippen LogP contribution in [-0.4, -0.2) is 18.7 Å². The molecule has 2 atom stereocenters. The number of unbranched alkanes of at least 4 members (excludes halogenated alkanes) is 8. The minimum absolute atomic E-state index is 0.262. The van der Waals surface area contributed by atoms with Crippen molar-refractivity contribution in [1.29, 1.82) is 0 Å². The summed E-state index contributed by atoms with van der Waals surface area (Å²) in [5.74, 6) is -0.341. The zero-order chi connectivity index (χ0) is 17.3. The number of hydrogen-bond acceptors (Lipinski definition) is 2. The van der Waals surface area contributed by atoms with Gasteiger partial charge in [-0.15, -0.1) is 0 Å². The fraction of sp³-hybridized carbons (Fsp3) is 0.950. The van der Waals surface area contributed by atoms with Crippen LogP contribution in [0.5, 0.6) is 0 Å². The summed E-state index contributed by atoms with van der Waals surface area (Å²) in [5, 5.41) is 0. The third-order valence-corrected chi connectivity index (χ3v) is 4.51. The van der Waals surface area contributed by atoms with E-state index in [0.29, 0.717) is 12.3 Å². The molecule has 0 N–H and O–H groups in total. The molecule has 0 aromatic rings. The minimum Gasteiger partial charge on any atom is -0.464 e. The van der Waals surface area contributed by atoms with Gasteiger partial charge in [-0.25, -0.2) is 9.18 Å². The highest BCUT2D eigenvalue weighted by molar-refractivity contribution is 5.74. The Morgan fingerprint density at radius 1 is 0.826 bits per heavy atom. The molecule has 0 radical (unpaired) electrons. The van der Waals surface area contributed by atoms with Gasteiger partial charge in [-0.3, -0.25) is 0 Å². The van der Waals surface area contributed by atoms with Crippen LogP contribution in [0, 0.1) is 5.92 Å². The van der Waals surface area contributed by atoms with E-state index >= 15 is 0 Å². The van der Waals surface area contributed by atoms with Crippen molar-refractivity contribution in [3.05, 3.63) is 0 Å². The largest absolute Gasteiger partial charge is 0.464 e. The SMILES string of the molecule is CCCCCCCCC(CCCCCC)CC(F)C(=O)OCC. The molecule has 0 aliphatic heterocycles. The summed E-state index contributed by atoms with van der Waals surface area (Å²) in [6.07, 6.45) is 13.4. The maximum Gasteiger partial charge on any atom is 0.340 e. The van der Waals surface area contributed by atoms with E-state index in [4.69, 9.17) is 4.74 Å². The van der Waals surface area contributed by atoms with E-state index < -0.39 is 12.1 Å². The highest BCUT2D eigenvalue weighted by atomic mass is 19.1. The number of rotatable bonds is 16. The fourth-order valence-electron chi connectivity index (χ4n) is 3.07. The van der Waals surface area contributed by atoms with E-state index in [2.05, 4.69) is 13.8 Å². The Morgan fingerprint density at radius 3 is 1.83 bits per heavy atom. The average molecular weight is 331 g/mol. The number of alkyl halides is 1. The molecule has 2 unspecified atom stereocenters. The Morgan fingerprint density at radius 2 is 1.30 bits per heavy atom. The topological polar surface area (TPSA) is 26.3 Å². The molecule has 0 rings (SSSR count). The van der Waals surface area contributed by atoms with Crippen molar-refractivity contribution in [3.8, 4) is 0 Å². The first-order chi connectivity index (χ1) is 11.2. The number of esters is 1. The van der Waals surface area contributed by atoms with Gasteiger partial charge in [0.2, 0.25) is 0 Å². The first-order valence-electron chi connectivity index (χ1n) is 9.96. The molecule has 138 valence electrons. The van der Waals surface area contributed by atoms with Crippen LogP contribution < -0.4 is 0 Å². The van der Waals surface area contributed by atoms with Gasteiger partial charge in [-0.05, 0) is 19.3 Å². The summed E-state index contributed by atoms with van der Waals surface area (Å²) in [4.78, 5) is 11.5. The van der Waals surface area contributed by atoms with Crippen LogP contribution in [0.3, 0.4) is 0 Å². The monoisotopic (exact) mass is 330 g/mol. The lowest BCUT2D eigenvalue weighted by Gasteiger charge is -2.18. The van der Waals surface area contributed by atoms with E-state index in [-0.39, 0.29) is 6.61 Å². The molecular formula is C20H39FO2. The van der Waals surface area contributed by atoms with Crippen LogP contribution in [0.25, 0.3) is 0 Å². The highest BCUT2D eigenvalue weighted by Gasteiger charge is 2.23. The van der Waals surface area contributed by atoms with E-state index in [1.54, 1.807) is 6.92 Å². The smallest absolute Gasteiger partial charge is 0.340 e. The molecule has 0 saturated carbocycles. The molecular weight excluding hydrogens is 291 g/mol. The van der Waals surface area contributed by atoms with E-state index in [1.807, 2.05) is 0 Å². The van der Waals surface area contributed by atoms with Crippen LogP contribution in [-0.2, 0) is 9.53 Å². The zero-order valence-electron chi connectivity index (χ0n) is 15.7. The van der Waals surface area contributed by atoms with Crippen LogP contribution in [0.2, 0.25) is 0 Å². The summed E-state index contributed by atoms with van der Waals surface area (Å²) < 4.78 is 18.8. The molecule has 0 amide bonds. The first kappa shape index (κ1) is 22.4. The molecule has 23 heavy (non-hydrogen) atoms. The van der Waals surface area contributed by atoms with Crippen LogP contribution in [0.4, 0.5) is 4.39 Å². The Balaban J connectivity index is 4.08. The van der Waals surface area contributed by atoms with Gasteiger partial charge in [0.15, 0.2) is 6.17 Å². The first-order valence-corrected chi connectivity index (χ1v) is 9.96. The summed E-state index contributed by atoms with van der Waals surface area (Å²) in [6, 6.07) is 0. The Kier molecular flexibility index (Phi) is 15.8. The van der Waals surface area contributed by atoms with Crippen LogP contribution in [0.15, 0.2) is 0 Å². The van der Waals surface area contributed by atoms with Gasteiger partial charge in [0.05, 0.1) is 6.61 Å². The third-order valence-electron chi connectivity index (χ3n) is 4.51. The predicted octanol–water partition coefficient (Wildman–Crippen LogP) is 6.61. The standard InChI is InChI=1S/C20H39FO2/c1-4-7-9-11-12-14-16-18(15-13-10-8-5-2)17-19(21)20(22)23-6-3/h18-19H,4-17H2,1-3H3. The van der Waals surface area contributed by atoms with Crippen molar-refractivity contribution < 1.29 is 13.9 Å². The van der Waals surface area contributed by atoms with Gasteiger partial charge in [0, 0.05) is 0 Å². The van der Waals surface area contributed by atoms with Gasteiger partial charge >= 0.3 is 5.97 Å². The van der Waals surface area contributed by atoms with Crippen LogP contribution in [0.1, 0.15) is 104 Å². The summed E-state index contributed by atoms with van der Waals surface area (Å²) >= 11 is 0. The van der Waals surface area contributed by atoms with E-state index in [0.717, 1.165) is 25.7 Å². The third kappa shape index (κ3) is 13.5. The second-order valence-electron chi connectivity index (χ2n) is 6.73. The van der Waals surface area contributed by atoms with Gasteiger partial charge < -0.3 is 4.74 Å². The predicted molar refractivity (Wildman–Crippen MR) is 96.4 cm³/mol. The van der Waals surface area contributed by atoms with Crippen molar-refractivity contribution in [2.24, 2.45) is 5.92 Å². The molecule has 2 nitrogen and oxygen atoms in total. The quantitative estimate of drug-likeness (QED) is 0.235. The number of halogens is 1. The van der Waals surface area contributed by atoms with Crippen molar-refractivity contribution >= 4 is 5.97 Å². The van der Waals surface area contributed by atoms with Crippen molar-refractivity contribution in [2.45, 2.75) is 110 Å². The molecule has 3 heteroatoms. The Hall–Kier alpha value is -0.600. The molecule has 0 fully saturated rings. The highest BCUT2D eigenvalue weighted by Crippen LogP contribution is 2.24. The van der Waals surface area contributed by atoms with Crippen molar-refractivity contribution in [2.75, 3.05) is 6.61 Å². The average Bonchev–Trinajstić information content (AvgIpc) is 2.54. The summed E-state index contributed by atoms with van der Waals surface area (Å²) in [6.45, 7) is 6.41. The number of carbonyl (C=O) groups excluding carboxylic acids is 1. The molecule has 0 aliphatic rings. The van der Waals surface area contributed by atoms with Gasteiger partial charge in [-0.2, -0.15) is 0 Å². The second-order valence-corrected chi connectivity index (χ2v) is 6.73. The summed E-state index contributed by atoms with van der Waals surface area (Å²) in [7, 11) is 0. The number of carbonyl (C=O) groups is 1. The fourth-order valence-corrected chi connectivity index (χ4v) is 3.07. The normalized spacial score (nSPS) is 13.7. The summed E-state index contributed by atoms with van der Waals surface area (Å²) in [5.41, 5.74) is 0. The lowest BCUT2D eigenvalue weighted by Crippen LogP contribution is -2.22. The molecule has 0 bridgehead atoms. The molecule has 0 heterocycles. The number of ether oxygens (including phenoxy) is 1. The van der Waals surface area contributed by atoms with Crippen molar-refractivity contribution in [1.82, 2.24) is 0 Å². The van der Waals surface area contributed by atoms with Gasteiger partial charge in [0.25, 0.3) is 0 Å². The molecule has 0 aromatic carbocycles. The maximum atomic E-state index is 14.0. The maximum absolute atomic E-state index is 14.0. The Labute approximate surface area is 143 Å². The number of hydrogen-bond donors (Lipinski definition) is 0. The molecule has 0 aliphatic carbocycles. The molecule has 0 saturated heterocycles. The van der Waals surface area contributed by atoms with Crippen molar-refractivity contribution in [3.63, 3.8) is 0 Å². The zero-order valence-corrected chi connectivity index (χ0v) is 15.7. The minimum atomic E-state index is -1.44. The van der Waals surface area contributed by atoms with Gasteiger partial charge in [-0.1, -0.05) is 90.9 Å². The lowest BCUT2D eigenvalue weighted by atomic mass is 9.90. The lowest BCUT2D eigenvalue weighted by molar-refractivity contribution is -0.149. The van der Waals surface area contributed by atoms with Gasteiger partial charge in [0.1, 0.15) is 0 Å². The molecule has 0 aromatic heterocycles. The van der Waals surface area contributed by atoms with Crippen LogP contribution >= 0.6 is 0 Å². The molecule has 0 spiro atoms.